The summed E-state index contributed by atoms with van der Waals surface area (Å²) >= 11 is 0. The van der Waals surface area contributed by atoms with Gasteiger partial charge >= 0.3 is 5.97 Å². The molecule has 0 spiro atoms. The minimum Gasteiger partial charge on any atom is -0.493 e. The van der Waals surface area contributed by atoms with Gasteiger partial charge in [-0.15, -0.1) is 0 Å². The van der Waals surface area contributed by atoms with Gasteiger partial charge in [-0.3, -0.25) is 0 Å². The lowest BCUT2D eigenvalue weighted by Crippen LogP contribution is -2.06. The zero-order valence-electron chi connectivity index (χ0n) is 13.6. The monoisotopic (exact) mass is 327 g/mol. The summed E-state index contributed by atoms with van der Waals surface area (Å²) in [5, 5.41) is 0. The van der Waals surface area contributed by atoms with Crippen LogP contribution in [-0.4, -0.2) is 25.1 Å². The lowest BCUT2D eigenvalue weighted by molar-refractivity contribution is -0.130. The van der Waals surface area contributed by atoms with Crippen molar-refractivity contribution in [3.63, 3.8) is 0 Å². The largest absolute Gasteiger partial charge is 0.493 e. The van der Waals surface area contributed by atoms with Crippen LogP contribution in [0.15, 0.2) is 51.7 Å². The van der Waals surface area contributed by atoms with Gasteiger partial charge in [0.05, 0.1) is 19.5 Å². The highest BCUT2D eigenvalue weighted by Crippen LogP contribution is 2.30. The maximum Gasteiger partial charge on any atom is 0.363 e. The lowest BCUT2D eigenvalue weighted by atomic mass is 10.1. The van der Waals surface area contributed by atoms with Gasteiger partial charge in [-0.2, -0.15) is 0 Å². The van der Waals surface area contributed by atoms with Crippen LogP contribution in [0, 0.1) is 0 Å². The molecule has 0 N–H and O–H groups in total. The summed E-state index contributed by atoms with van der Waals surface area (Å²) in [6, 6.07) is 8.77. The van der Waals surface area contributed by atoms with Crippen molar-refractivity contribution in [2.24, 2.45) is 4.99 Å². The van der Waals surface area contributed by atoms with Crippen LogP contribution in [-0.2, 0) is 9.53 Å². The number of carbonyl (C=O) groups excluding carboxylic acids is 1. The summed E-state index contributed by atoms with van der Waals surface area (Å²) in [6.07, 6.45) is 3.15. The Morgan fingerprint density at radius 1 is 1.21 bits per heavy atom. The first kappa shape index (κ1) is 15.9. The molecule has 1 aliphatic rings. The minimum atomic E-state index is -0.525. The Morgan fingerprint density at radius 2 is 2.04 bits per heavy atom. The van der Waals surface area contributed by atoms with Gasteiger partial charge < -0.3 is 18.6 Å². The molecule has 0 amide bonds. The summed E-state index contributed by atoms with van der Waals surface area (Å²) in [7, 11) is 1.57. The fourth-order valence-electron chi connectivity index (χ4n) is 2.20. The van der Waals surface area contributed by atoms with E-state index < -0.39 is 5.97 Å². The minimum absolute atomic E-state index is 0.0355. The highest BCUT2D eigenvalue weighted by molar-refractivity contribution is 6.11. The molecule has 0 radical (unpaired) electrons. The molecule has 0 aliphatic carbocycles. The molecular formula is C18H17NO5. The van der Waals surface area contributed by atoms with E-state index in [2.05, 4.69) is 4.99 Å². The van der Waals surface area contributed by atoms with E-state index in [1.807, 2.05) is 19.9 Å². The molecular weight excluding hydrogens is 310 g/mol. The number of methoxy groups -OCH3 is 1. The summed E-state index contributed by atoms with van der Waals surface area (Å²) in [5.74, 6) is 1.26. The second-order valence-electron chi connectivity index (χ2n) is 5.39. The number of esters is 1. The van der Waals surface area contributed by atoms with E-state index >= 15 is 0 Å². The van der Waals surface area contributed by atoms with Crippen molar-refractivity contribution in [3.05, 3.63) is 53.6 Å². The standard InChI is InChI=1S/C18H17NO5/c1-11(2)23-14-7-6-12(10-16(14)21-3)9-13-18(20)24-17(19-13)15-5-4-8-22-15/h4-11H,1-3H3/b13-9+. The molecule has 6 nitrogen and oxygen atoms in total. The summed E-state index contributed by atoms with van der Waals surface area (Å²) in [4.78, 5) is 16.1. The Kier molecular flexibility index (Phi) is 4.37. The molecule has 0 atom stereocenters. The number of hydrogen-bond acceptors (Lipinski definition) is 6. The number of hydrogen-bond donors (Lipinski definition) is 0. The number of furan rings is 1. The molecule has 0 saturated heterocycles. The molecule has 2 aromatic rings. The number of cyclic esters (lactones) is 1. The van der Waals surface area contributed by atoms with Crippen LogP contribution in [0.2, 0.25) is 0 Å². The third kappa shape index (κ3) is 3.32. The maximum absolute atomic E-state index is 11.9. The zero-order chi connectivity index (χ0) is 17.1. The lowest BCUT2D eigenvalue weighted by Gasteiger charge is -2.13. The molecule has 2 heterocycles. The Bertz CT molecular complexity index is 803. The van der Waals surface area contributed by atoms with E-state index in [4.69, 9.17) is 18.6 Å². The highest BCUT2D eigenvalue weighted by atomic mass is 16.6. The molecule has 1 aliphatic heterocycles. The molecule has 0 bridgehead atoms. The van der Waals surface area contributed by atoms with Gasteiger partial charge in [-0.05, 0) is 49.8 Å². The average molecular weight is 327 g/mol. The van der Waals surface area contributed by atoms with Gasteiger partial charge in [0.25, 0.3) is 5.90 Å². The first-order valence-corrected chi connectivity index (χ1v) is 7.48. The molecule has 0 unspecified atom stereocenters. The number of carbonyl (C=O) groups is 1. The summed E-state index contributed by atoms with van der Waals surface area (Å²) in [6.45, 7) is 3.88. The third-order valence-corrected chi connectivity index (χ3v) is 3.21. The molecule has 1 aromatic carbocycles. The molecule has 3 rings (SSSR count). The SMILES string of the molecule is COc1cc(/C=C2/N=C(c3ccco3)OC2=O)ccc1OC(C)C. The van der Waals surface area contributed by atoms with Crippen molar-refractivity contribution < 1.29 is 23.4 Å². The molecule has 24 heavy (non-hydrogen) atoms. The normalized spacial score (nSPS) is 15.6. The second kappa shape index (κ2) is 6.62. The second-order valence-corrected chi connectivity index (χ2v) is 5.39. The molecule has 124 valence electrons. The van der Waals surface area contributed by atoms with Gasteiger partial charge in [0.15, 0.2) is 23.0 Å². The van der Waals surface area contributed by atoms with E-state index in [1.54, 1.807) is 37.5 Å². The average Bonchev–Trinajstić information content (AvgIpc) is 3.19. The number of benzene rings is 1. The number of aliphatic imine (C=N–C) groups is 1. The van der Waals surface area contributed by atoms with Crippen LogP contribution < -0.4 is 9.47 Å². The maximum atomic E-state index is 11.9. The quantitative estimate of drug-likeness (QED) is 0.621. The number of rotatable bonds is 5. The summed E-state index contributed by atoms with van der Waals surface area (Å²) < 4.78 is 21.3. The van der Waals surface area contributed by atoms with Gasteiger partial charge in [0.2, 0.25) is 0 Å². The predicted molar refractivity (Wildman–Crippen MR) is 88.1 cm³/mol. The Morgan fingerprint density at radius 3 is 2.71 bits per heavy atom. The van der Waals surface area contributed by atoms with Gasteiger partial charge in [0.1, 0.15) is 0 Å². The van der Waals surface area contributed by atoms with E-state index in [0.29, 0.717) is 17.3 Å². The van der Waals surface area contributed by atoms with Crippen molar-refractivity contribution in [1.82, 2.24) is 0 Å². The molecule has 0 fully saturated rings. The van der Waals surface area contributed by atoms with E-state index in [1.165, 1.54) is 6.26 Å². The zero-order valence-corrected chi connectivity index (χ0v) is 13.6. The van der Waals surface area contributed by atoms with E-state index in [-0.39, 0.29) is 17.7 Å². The number of nitrogens with zero attached hydrogens (tertiary/aromatic N) is 1. The van der Waals surface area contributed by atoms with Crippen molar-refractivity contribution >= 4 is 17.9 Å². The Labute approximate surface area is 139 Å². The van der Waals surface area contributed by atoms with Crippen LogP contribution >= 0.6 is 0 Å². The van der Waals surface area contributed by atoms with Crippen LogP contribution in [0.25, 0.3) is 6.08 Å². The third-order valence-electron chi connectivity index (χ3n) is 3.21. The van der Waals surface area contributed by atoms with Crippen molar-refractivity contribution in [3.8, 4) is 11.5 Å². The van der Waals surface area contributed by atoms with Crippen LogP contribution in [0.4, 0.5) is 0 Å². The predicted octanol–water partition coefficient (Wildman–Crippen LogP) is 3.42. The molecule has 6 heteroatoms. The Hall–Kier alpha value is -3.02. The van der Waals surface area contributed by atoms with Crippen molar-refractivity contribution in [2.45, 2.75) is 20.0 Å². The highest BCUT2D eigenvalue weighted by Gasteiger charge is 2.25. The fraction of sp³-hybridized carbons (Fsp3) is 0.222. The van der Waals surface area contributed by atoms with Gasteiger partial charge in [-0.25, -0.2) is 9.79 Å². The van der Waals surface area contributed by atoms with E-state index in [0.717, 1.165) is 5.56 Å². The first-order chi connectivity index (χ1) is 11.6. The van der Waals surface area contributed by atoms with Gasteiger partial charge in [0, 0.05) is 0 Å². The smallest absolute Gasteiger partial charge is 0.363 e. The summed E-state index contributed by atoms with van der Waals surface area (Å²) in [5.41, 5.74) is 0.945. The van der Waals surface area contributed by atoms with Crippen LogP contribution in [0.1, 0.15) is 25.2 Å². The van der Waals surface area contributed by atoms with Crippen LogP contribution in [0.3, 0.4) is 0 Å². The Balaban J connectivity index is 1.89. The van der Waals surface area contributed by atoms with Crippen molar-refractivity contribution in [1.29, 1.82) is 0 Å². The number of ether oxygens (including phenoxy) is 3. The fourth-order valence-corrected chi connectivity index (χ4v) is 2.20. The van der Waals surface area contributed by atoms with Gasteiger partial charge in [-0.1, -0.05) is 6.07 Å². The van der Waals surface area contributed by atoms with Crippen LogP contribution in [0.5, 0.6) is 11.5 Å². The van der Waals surface area contributed by atoms with Crippen molar-refractivity contribution in [2.75, 3.05) is 7.11 Å². The molecule has 0 saturated carbocycles. The van der Waals surface area contributed by atoms with E-state index in [9.17, 15) is 4.79 Å². The topological polar surface area (TPSA) is 70.3 Å². The first-order valence-electron chi connectivity index (χ1n) is 7.48. The molecule has 1 aromatic heterocycles.